The highest BCUT2D eigenvalue weighted by Crippen LogP contribution is 2.24. The van der Waals surface area contributed by atoms with E-state index < -0.39 is 10.0 Å². The molecule has 0 unspecified atom stereocenters. The van der Waals surface area contributed by atoms with Gasteiger partial charge in [0.25, 0.3) is 10.0 Å². The molecule has 6 heteroatoms. The third-order valence-corrected chi connectivity index (χ3v) is 4.80. The van der Waals surface area contributed by atoms with Crippen molar-refractivity contribution in [1.82, 2.24) is 0 Å². The largest absolute Gasteiger partial charge is 0.399 e. The summed E-state index contributed by atoms with van der Waals surface area (Å²) in [6.07, 6.45) is 0.620. The number of rotatable bonds is 4. The second kappa shape index (κ2) is 5.85. The molecule has 0 heterocycles. The Morgan fingerprint density at radius 3 is 2.60 bits per heavy atom. The monoisotopic (exact) mass is 354 g/mol. The third-order valence-electron chi connectivity index (χ3n) is 2.84. The van der Waals surface area contributed by atoms with Crippen molar-refractivity contribution >= 4 is 37.3 Å². The van der Waals surface area contributed by atoms with Crippen molar-refractivity contribution in [2.45, 2.75) is 18.2 Å². The van der Waals surface area contributed by atoms with Crippen LogP contribution >= 0.6 is 15.9 Å². The lowest BCUT2D eigenvalue weighted by Crippen LogP contribution is -2.15. The Morgan fingerprint density at radius 2 is 1.95 bits per heavy atom. The minimum atomic E-state index is -3.65. The minimum absolute atomic E-state index is 0.222. The molecule has 2 aromatic carbocycles. The lowest BCUT2D eigenvalue weighted by molar-refractivity contribution is 0.600. The summed E-state index contributed by atoms with van der Waals surface area (Å²) in [5.74, 6) is 0. The molecule has 0 spiro atoms. The highest BCUT2D eigenvalue weighted by atomic mass is 79.9. The van der Waals surface area contributed by atoms with Crippen LogP contribution in [0.5, 0.6) is 0 Å². The van der Waals surface area contributed by atoms with Crippen molar-refractivity contribution in [3.05, 3.63) is 52.5 Å². The van der Waals surface area contributed by atoms with E-state index in [0.717, 1.165) is 10.0 Å². The number of nitrogen functional groups attached to an aromatic ring is 1. The van der Waals surface area contributed by atoms with Crippen molar-refractivity contribution in [2.75, 3.05) is 10.5 Å². The molecule has 3 N–H and O–H groups in total. The number of nitrogens with two attached hydrogens (primary N) is 1. The average molecular weight is 355 g/mol. The van der Waals surface area contributed by atoms with Crippen molar-refractivity contribution in [3.8, 4) is 0 Å². The van der Waals surface area contributed by atoms with Crippen LogP contribution in [0.3, 0.4) is 0 Å². The van der Waals surface area contributed by atoms with Crippen molar-refractivity contribution in [1.29, 1.82) is 0 Å². The maximum atomic E-state index is 12.5. The molecule has 2 aromatic rings. The Balaban J connectivity index is 2.43. The summed E-state index contributed by atoms with van der Waals surface area (Å²) in [5.41, 5.74) is 7.37. The second-order valence-electron chi connectivity index (χ2n) is 4.34. The Hall–Kier alpha value is -1.53. The highest BCUT2D eigenvalue weighted by molar-refractivity contribution is 9.10. The molecule has 20 heavy (non-hydrogen) atoms. The number of hydrogen-bond acceptors (Lipinski definition) is 3. The van der Waals surface area contributed by atoms with Gasteiger partial charge in [-0.3, -0.25) is 4.72 Å². The molecule has 4 nitrogen and oxygen atoms in total. The summed E-state index contributed by atoms with van der Waals surface area (Å²) in [6, 6.07) is 11.9. The molecule has 0 aliphatic heterocycles. The average Bonchev–Trinajstić information content (AvgIpc) is 2.38. The number of anilines is 2. The number of sulfonamides is 1. The van der Waals surface area contributed by atoms with Gasteiger partial charge >= 0.3 is 0 Å². The lowest BCUT2D eigenvalue weighted by atomic mass is 10.1. The van der Waals surface area contributed by atoms with Crippen LogP contribution in [-0.4, -0.2) is 8.42 Å². The lowest BCUT2D eigenvalue weighted by Gasteiger charge is -2.12. The van der Waals surface area contributed by atoms with Gasteiger partial charge in [-0.05, 0) is 42.3 Å². The van der Waals surface area contributed by atoms with Gasteiger partial charge in [-0.15, -0.1) is 0 Å². The molecule has 0 bridgehead atoms. The maximum Gasteiger partial charge on any atom is 0.262 e. The van der Waals surface area contributed by atoms with Crippen LogP contribution in [0.2, 0.25) is 0 Å². The van der Waals surface area contributed by atoms with Gasteiger partial charge in [-0.2, -0.15) is 0 Å². The molecule has 0 aliphatic carbocycles. The van der Waals surface area contributed by atoms with E-state index in [4.69, 9.17) is 5.73 Å². The van der Waals surface area contributed by atoms with Gasteiger partial charge in [0.15, 0.2) is 0 Å². The van der Waals surface area contributed by atoms with E-state index >= 15 is 0 Å². The van der Waals surface area contributed by atoms with Gasteiger partial charge in [-0.25, -0.2) is 8.42 Å². The van der Waals surface area contributed by atoms with E-state index in [1.165, 1.54) is 6.07 Å². The fourth-order valence-corrected chi connectivity index (χ4v) is 3.67. The normalized spacial score (nSPS) is 11.3. The first kappa shape index (κ1) is 14.9. The first-order chi connectivity index (χ1) is 9.42. The molecular formula is C14H15BrN2O2S. The van der Waals surface area contributed by atoms with E-state index in [1.807, 2.05) is 13.0 Å². The summed E-state index contributed by atoms with van der Waals surface area (Å²) in [7, 11) is -3.65. The molecule has 0 aliphatic rings. The second-order valence-corrected chi connectivity index (χ2v) is 6.90. The quantitative estimate of drug-likeness (QED) is 0.826. The predicted molar refractivity (Wildman–Crippen MR) is 85.2 cm³/mol. The first-order valence-electron chi connectivity index (χ1n) is 6.09. The van der Waals surface area contributed by atoms with Crippen molar-refractivity contribution in [2.24, 2.45) is 0 Å². The van der Waals surface area contributed by atoms with Crippen LogP contribution in [0.1, 0.15) is 12.5 Å². The molecule has 0 radical (unpaired) electrons. The molecule has 0 atom stereocenters. The standard InChI is InChI=1S/C14H15BrN2O2S/c1-2-10-6-7-12(16)9-14(10)20(18,19)17-13-5-3-4-11(15)8-13/h3-9,17H,2,16H2,1H3. The number of hydrogen-bond donors (Lipinski definition) is 2. The summed E-state index contributed by atoms with van der Waals surface area (Å²) in [5, 5.41) is 0. The van der Waals surface area contributed by atoms with Crippen LogP contribution < -0.4 is 10.5 Å². The zero-order valence-corrected chi connectivity index (χ0v) is 13.3. The molecular weight excluding hydrogens is 340 g/mol. The number of halogens is 1. The van der Waals surface area contributed by atoms with Crippen molar-refractivity contribution < 1.29 is 8.42 Å². The molecule has 2 rings (SSSR count). The van der Waals surface area contributed by atoms with Crippen molar-refractivity contribution in [3.63, 3.8) is 0 Å². The van der Waals surface area contributed by atoms with Gasteiger partial charge in [0.05, 0.1) is 4.90 Å². The molecule has 0 fully saturated rings. The number of aryl methyl sites for hydroxylation is 1. The first-order valence-corrected chi connectivity index (χ1v) is 8.37. The highest BCUT2D eigenvalue weighted by Gasteiger charge is 2.18. The fourth-order valence-electron chi connectivity index (χ4n) is 1.88. The molecule has 0 saturated heterocycles. The van der Waals surface area contributed by atoms with E-state index in [1.54, 1.807) is 30.3 Å². The number of benzene rings is 2. The Labute approximate surface area is 127 Å². The van der Waals surface area contributed by atoms with Gasteiger partial charge < -0.3 is 5.73 Å². The smallest absolute Gasteiger partial charge is 0.262 e. The maximum absolute atomic E-state index is 12.5. The fraction of sp³-hybridized carbons (Fsp3) is 0.143. The van der Waals surface area contributed by atoms with Crippen LogP contribution in [0.25, 0.3) is 0 Å². The van der Waals surface area contributed by atoms with Crippen LogP contribution in [0, 0.1) is 0 Å². The van der Waals surface area contributed by atoms with Crippen LogP contribution in [0.15, 0.2) is 51.8 Å². The molecule has 0 saturated carbocycles. The summed E-state index contributed by atoms with van der Waals surface area (Å²) >= 11 is 3.31. The minimum Gasteiger partial charge on any atom is -0.399 e. The van der Waals surface area contributed by atoms with E-state index in [-0.39, 0.29) is 4.90 Å². The van der Waals surface area contributed by atoms with Crippen LogP contribution in [0.4, 0.5) is 11.4 Å². The van der Waals surface area contributed by atoms with Gasteiger partial charge in [-0.1, -0.05) is 35.0 Å². The zero-order chi connectivity index (χ0) is 14.8. The Morgan fingerprint density at radius 1 is 1.20 bits per heavy atom. The molecule has 106 valence electrons. The topological polar surface area (TPSA) is 72.2 Å². The Kier molecular flexibility index (Phi) is 4.35. The summed E-state index contributed by atoms with van der Waals surface area (Å²) in [6.45, 7) is 1.91. The summed E-state index contributed by atoms with van der Waals surface area (Å²) in [4.78, 5) is 0.222. The molecule has 0 aromatic heterocycles. The van der Waals surface area contributed by atoms with E-state index in [2.05, 4.69) is 20.7 Å². The SMILES string of the molecule is CCc1ccc(N)cc1S(=O)(=O)Nc1cccc(Br)c1. The van der Waals surface area contributed by atoms with Gasteiger partial charge in [0, 0.05) is 15.8 Å². The van der Waals surface area contributed by atoms with Crippen LogP contribution in [-0.2, 0) is 16.4 Å². The zero-order valence-electron chi connectivity index (χ0n) is 10.9. The number of nitrogens with one attached hydrogen (secondary N) is 1. The Bertz CT molecular complexity index is 730. The molecule has 0 amide bonds. The third kappa shape index (κ3) is 3.32. The van der Waals surface area contributed by atoms with Gasteiger partial charge in [0.1, 0.15) is 0 Å². The summed E-state index contributed by atoms with van der Waals surface area (Å²) < 4.78 is 28.3. The van der Waals surface area contributed by atoms with E-state index in [0.29, 0.717) is 17.8 Å². The predicted octanol–water partition coefficient (Wildman–Crippen LogP) is 3.39. The van der Waals surface area contributed by atoms with E-state index in [9.17, 15) is 8.42 Å². The van der Waals surface area contributed by atoms with Gasteiger partial charge in [0.2, 0.25) is 0 Å².